The first-order chi connectivity index (χ1) is 18.8. The number of halogens is 1. The molecule has 4 N–H and O–H groups in total. The minimum absolute atomic E-state index is 0. The van der Waals surface area contributed by atoms with Gasteiger partial charge in [-0.3, -0.25) is 14.6 Å². The number of nitrogen functional groups attached to an aromatic ring is 1. The van der Waals surface area contributed by atoms with E-state index in [1.807, 2.05) is 12.1 Å². The smallest absolute Gasteiger partial charge is 0.223 e. The minimum atomic E-state index is -0.631. The summed E-state index contributed by atoms with van der Waals surface area (Å²) >= 11 is 4.72. The molecule has 0 spiro atoms. The monoisotopic (exact) mass is 581 g/mol. The number of nitrogens with zero attached hydrogens (tertiary/aromatic N) is 5. The summed E-state index contributed by atoms with van der Waals surface area (Å²) in [5.41, 5.74) is 9.21. The maximum Gasteiger partial charge on any atom is 0.223 e. The summed E-state index contributed by atoms with van der Waals surface area (Å²) in [6.45, 7) is 2.08. The quantitative estimate of drug-likeness (QED) is 0.293. The van der Waals surface area contributed by atoms with Gasteiger partial charge in [-0.1, -0.05) is 18.2 Å². The lowest BCUT2D eigenvalue weighted by atomic mass is 10.0. The van der Waals surface area contributed by atoms with Gasteiger partial charge < -0.3 is 21.1 Å². The summed E-state index contributed by atoms with van der Waals surface area (Å²) < 4.78 is 0. The standard InChI is InChI=1S/C28H31N7O3S.ClH/c1-17(37)31-20-10-8-18(9-11-20)25-22(15-29)27(30)34-28(33-25)26(39)23-7-4-5-19(32-23)12-13-24(38)35-14-3-2-6-21(35)16-36;/h4-5,7-11,21,26,36,39H,2-3,6,12-14,16H2,1H3,(H,31,37)(H2,30,33,34);1H. The Bertz CT molecular complexity index is 1400. The van der Waals surface area contributed by atoms with Crippen LogP contribution in [0, 0.1) is 11.3 Å². The number of piperidine rings is 1. The summed E-state index contributed by atoms with van der Waals surface area (Å²) in [6, 6.07) is 14.4. The van der Waals surface area contributed by atoms with Crippen LogP contribution in [0.3, 0.4) is 0 Å². The Hall–Kier alpha value is -3.72. The third-order valence-electron chi connectivity index (χ3n) is 6.65. The van der Waals surface area contributed by atoms with Crippen molar-refractivity contribution in [2.45, 2.75) is 50.3 Å². The number of nitriles is 1. The number of nitrogens with two attached hydrogens (primary N) is 1. The van der Waals surface area contributed by atoms with Crippen LogP contribution in [-0.4, -0.2) is 56.0 Å². The second kappa shape index (κ2) is 14.1. The lowest BCUT2D eigenvalue weighted by Gasteiger charge is -2.34. The van der Waals surface area contributed by atoms with Gasteiger partial charge in [0.15, 0.2) is 0 Å². The highest BCUT2D eigenvalue weighted by Crippen LogP contribution is 2.31. The first-order valence-corrected chi connectivity index (χ1v) is 13.3. The molecule has 10 nitrogen and oxygen atoms in total. The van der Waals surface area contributed by atoms with Crippen LogP contribution >= 0.6 is 25.0 Å². The SMILES string of the molecule is CC(=O)Nc1ccc(-c2nc(C(S)c3cccc(CCC(=O)N4CCCCC4CO)n3)nc(N)c2C#N)cc1.Cl. The van der Waals surface area contributed by atoms with Crippen molar-refractivity contribution in [2.75, 3.05) is 24.2 Å². The zero-order valence-electron chi connectivity index (χ0n) is 22.1. The summed E-state index contributed by atoms with van der Waals surface area (Å²) in [5, 5.41) is 21.4. The lowest BCUT2D eigenvalue weighted by Crippen LogP contribution is -2.45. The number of amides is 2. The average Bonchev–Trinajstić information content (AvgIpc) is 2.95. The van der Waals surface area contributed by atoms with Crippen LogP contribution in [0.5, 0.6) is 0 Å². The first kappa shape index (κ1) is 30.8. The van der Waals surface area contributed by atoms with Crippen molar-refractivity contribution < 1.29 is 14.7 Å². The topological polar surface area (TPSA) is 158 Å². The Morgan fingerprint density at radius 1 is 1.20 bits per heavy atom. The van der Waals surface area contributed by atoms with E-state index in [1.165, 1.54) is 6.92 Å². The predicted octanol–water partition coefficient (Wildman–Crippen LogP) is 3.70. The molecule has 0 bridgehead atoms. The number of nitrogens with one attached hydrogen (secondary N) is 1. The number of rotatable bonds is 8. The van der Waals surface area contributed by atoms with E-state index >= 15 is 0 Å². The molecule has 1 saturated heterocycles. The number of carbonyl (C=O) groups is 2. The third kappa shape index (κ3) is 7.27. The van der Waals surface area contributed by atoms with E-state index in [-0.39, 0.29) is 54.1 Å². The average molecular weight is 582 g/mol. The molecular weight excluding hydrogens is 550 g/mol. The number of aliphatic hydroxyl groups excluding tert-OH is 1. The van der Waals surface area contributed by atoms with Gasteiger partial charge >= 0.3 is 0 Å². The molecule has 2 aromatic heterocycles. The number of carbonyl (C=O) groups excluding carboxylic acids is 2. The molecule has 40 heavy (non-hydrogen) atoms. The van der Waals surface area contributed by atoms with E-state index in [0.717, 1.165) is 25.0 Å². The Balaban J connectivity index is 0.00000441. The molecule has 12 heteroatoms. The van der Waals surface area contributed by atoms with E-state index in [4.69, 9.17) is 23.3 Å². The van der Waals surface area contributed by atoms with Crippen LogP contribution in [0.25, 0.3) is 11.3 Å². The molecule has 2 amide bonds. The summed E-state index contributed by atoms with van der Waals surface area (Å²) in [6.07, 6.45) is 3.54. The number of hydrogen-bond donors (Lipinski definition) is 4. The molecule has 3 aromatic rings. The molecule has 1 aliphatic heterocycles. The van der Waals surface area contributed by atoms with Gasteiger partial charge in [0, 0.05) is 36.8 Å². The summed E-state index contributed by atoms with van der Waals surface area (Å²) in [7, 11) is 0. The molecule has 1 aromatic carbocycles. The van der Waals surface area contributed by atoms with Gasteiger partial charge in [-0.15, -0.1) is 12.4 Å². The van der Waals surface area contributed by atoms with Gasteiger partial charge in [-0.05, 0) is 49.9 Å². The molecular formula is C28H32ClN7O3S. The number of benzene rings is 1. The molecule has 2 unspecified atom stereocenters. The van der Waals surface area contributed by atoms with Gasteiger partial charge in [-0.25, -0.2) is 9.97 Å². The third-order valence-corrected chi connectivity index (χ3v) is 7.15. The Kier molecular flexibility index (Phi) is 10.8. The van der Waals surface area contributed by atoms with Crippen molar-refractivity contribution in [3.8, 4) is 17.3 Å². The zero-order chi connectivity index (χ0) is 27.9. The zero-order valence-corrected chi connectivity index (χ0v) is 23.8. The number of pyridine rings is 1. The van der Waals surface area contributed by atoms with Crippen LogP contribution in [-0.2, 0) is 16.0 Å². The van der Waals surface area contributed by atoms with Crippen molar-refractivity contribution in [1.82, 2.24) is 19.9 Å². The number of thiol groups is 1. The van der Waals surface area contributed by atoms with E-state index in [2.05, 4.69) is 21.4 Å². The van der Waals surface area contributed by atoms with Crippen molar-refractivity contribution in [3.63, 3.8) is 0 Å². The molecule has 0 saturated carbocycles. The van der Waals surface area contributed by atoms with Gasteiger partial charge in [0.25, 0.3) is 0 Å². The molecule has 0 radical (unpaired) electrons. The minimum Gasteiger partial charge on any atom is -0.394 e. The number of likely N-dealkylation sites (tertiary alicyclic amines) is 1. The second-order valence-corrected chi connectivity index (χ2v) is 9.95. The van der Waals surface area contributed by atoms with Gasteiger partial charge in [0.05, 0.1) is 24.0 Å². The second-order valence-electron chi connectivity index (χ2n) is 9.44. The van der Waals surface area contributed by atoms with E-state index in [1.54, 1.807) is 35.2 Å². The van der Waals surface area contributed by atoms with Crippen molar-refractivity contribution in [3.05, 3.63) is 65.2 Å². The maximum absolute atomic E-state index is 12.8. The normalized spacial score (nSPS) is 15.4. The fourth-order valence-corrected chi connectivity index (χ4v) is 4.93. The molecule has 3 heterocycles. The Labute approximate surface area is 244 Å². The van der Waals surface area contributed by atoms with E-state index in [0.29, 0.717) is 42.0 Å². The Morgan fingerprint density at radius 3 is 2.62 bits per heavy atom. The number of anilines is 2. The van der Waals surface area contributed by atoms with E-state index < -0.39 is 5.25 Å². The predicted molar refractivity (Wildman–Crippen MR) is 158 cm³/mol. The number of hydrogen-bond acceptors (Lipinski definition) is 9. The molecule has 1 fully saturated rings. The van der Waals surface area contributed by atoms with Crippen molar-refractivity contribution in [2.24, 2.45) is 0 Å². The fraction of sp³-hybridized carbons (Fsp3) is 0.357. The van der Waals surface area contributed by atoms with E-state index in [9.17, 15) is 20.0 Å². The van der Waals surface area contributed by atoms with Crippen molar-refractivity contribution in [1.29, 1.82) is 5.26 Å². The van der Waals surface area contributed by atoms with Crippen LogP contribution < -0.4 is 11.1 Å². The highest BCUT2D eigenvalue weighted by Gasteiger charge is 2.26. The summed E-state index contributed by atoms with van der Waals surface area (Å²) in [4.78, 5) is 39.6. The van der Waals surface area contributed by atoms with Crippen LogP contribution in [0.15, 0.2) is 42.5 Å². The van der Waals surface area contributed by atoms with Gasteiger partial charge in [0.1, 0.15) is 28.5 Å². The molecule has 0 aliphatic carbocycles. The summed E-state index contributed by atoms with van der Waals surface area (Å²) in [5.74, 6) is 0.146. The number of aliphatic hydroxyl groups is 1. The fourth-order valence-electron chi connectivity index (χ4n) is 4.67. The van der Waals surface area contributed by atoms with Crippen LogP contribution in [0.1, 0.15) is 60.6 Å². The van der Waals surface area contributed by atoms with Crippen LogP contribution in [0.4, 0.5) is 11.5 Å². The van der Waals surface area contributed by atoms with Gasteiger partial charge in [-0.2, -0.15) is 17.9 Å². The number of aromatic nitrogens is 3. The highest BCUT2D eigenvalue weighted by atomic mass is 35.5. The Morgan fingerprint density at radius 2 is 1.95 bits per heavy atom. The number of aryl methyl sites for hydroxylation is 1. The molecule has 1 aliphatic rings. The van der Waals surface area contributed by atoms with Crippen LogP contribution in [0.2, 0.25) is 0 Å². The largest absolute Gasteiger partial charge is 0.394 e. The maximum atomic E-state index is 12.8. The van der Waals surface area contributed by atoms with Gasteiger partial charge in [0.2, 0.25) is 11.8 Å². The highest BCUT2D eigenvalue weighted by molar-refractivity contribution is 7.80. The molecule has 4 rings (SSSR count). The molecule has 2 atom stereocenters. The van der Waals surface area contributed by atoms with Crippen molar-refractivity contribution >= 4 is 48.4 Å². The lowest BCUT2D eigenvalue weighted by molar-refractivity contribution is -0.135. The molecule has 210 valence electrons. The first-order valence-electron chi connectivity index (χ1n) is 12.8.